The number of carbonyl (C=O) groups excluding carboxylic acids is 2. The van der Waals surface area contributed by atoms with Gasteiger partial charge in [-0.05, 0) is 18.2 Å². The van der Waals surface area contributed by atoms with E-state index < -0.39 is 11.9 Å². The van der Waals surface area contributed by atoms with Gasteiger partial charge < -0.3 is 5.73 Å². The first kappa shape index (κ1) is 21.4. The van der Waals surface area contributed by atoms with Crippen LogP contribution in [0, 0.1) is 0 Å². The van der Waals surface area contributed by atoms with Crippen LogP contribution in [0.1, 0.15) is 0 Å². The molecule has 0 aliphatic heterocycles. The highest BCUT2D eigenvalue weighted by Gasteiger charge is 2.18. The highest BCUT2D eigenvalue weighted by Crippen LogP contribution is 2.24. The maximum Gasteiger partial charge on any atom is 0.338 e. The van der Waals surface area contributed by atoms with E-state index in [2.05, 4.69) is 22.2 Å². The smallest absolute Gasteiger partial charge is 0.338 e. The molecule has 3 rings (SSSR count). The van der Waals surface area contributed by atoms with Crippen molar-refractivity contribution < 1.29 is 9.59 Å². The lowest BCUT2D eigenvalue weighted by atomic mass is 10.2. The number of primary amides is 1. The van der Waals surface area contributed by atoms with Gasteiger partial charge in [0.15, 0.2) is 11.0 Å². The summed E-state index contributed by atoms with van der Waals surface area (Å²) >= 11 is 7.14. The number of hydrazine groups is 1. The Bertz CT molecular complexity index is 1060. The van der Waals surface area contributed by atoms with Crippen LogP contribution >= 0.6 is 23.4 Å². The average Bonchev–Trinajstić information content (AvgIpc) is 3.14. The Labute approximate surface area is 182 Å². The molecule has 0 radical (unpaired) electrons. The second-order valence-corrected chi connectivity index (χ2v) is 7.43. The van der Waals surface area contributed by atoms with Crippen LogP contribution in [0.25, 0.3) is 11.4 Å². The highest BCUT2D eigenvalue weighted by molar-refractivity contribution is 7.99. The third-order valence-corrected chi connectivity index (χ3v) is 5.12. The Hall–Kier alpha value is -3.30. The summed E-state index contributed by atoms with van der Waals surface area (Å²) in [6, 6.07) is 15.2. The Morgan fingerprint density at radius 3 is 2.63 bits per heavy atom. The highest BCUT2D eigenvalue weighted by atomic mass is 35.5. The van der Waals surface area contributed by atoms with Crippen LogP contribution in [-0.4, -0.2) is 32.5 Å². The zero-order chi connectivity index (χ0) is 21.5. The molecular formula is C20H19ClN6O2S. The lowest BCUT2D eigenvalue weighted by Gasteiger charge is -2.21. The molecule has 8 nitrogen and oxygen atoms in total. The van der Waals surface area contributed by atoms with Gasteiger partial charge in [-0.3, -0.25) is 14.8 Å². The zero-order valence-electron chi connectivity index (χ0n) is 15.9. The van der Waals surface area contributed by atoms with Gasteiger partial charge in [0.1, 0.15) is 0 Å². The number of halogens is 1. The van der Waals surface area contributed by atoms with Crippen molar-refractivity contribution in [2.75, 3.05) is 10.8 Å². The number of anilines is 1. The fourth-order valence-corrected chi connectivity index (χ4v) is 3.56. The quantitative estimate of drug-likeness (QED) is 0.331. The van der Waals surface area contributed by atoms with Gasteiger partial charge in [-0.2, -0.15) is 0 Å². The van der Waals surface area contributed by atoms with Crippen LogP contribution in [0.15, 0.2) is 72.4 Å². The van der Waals surface area contributed by atoms with Crippen molar-refractivity contribution in [3.63, 3.8) is 0 Å². The summed E-state index contributed by atoms with van der Waals surface area (Å²) in [6.07, 6.45) is 1.73. The van der Waals surface area contributed by atoms with Crippen LogP contribution in [0.4, 0.5) is 10.5 Å². The van der Waals surface area contributed by atoms with Crippen LogP contribution in [0.5, 0.6) is 0 Å². The molecule has 10 heteroatoms. The lowest BCUT2D eigenvalue weighted by molar-refractivity contribution is -0.118. The van der Waals surface area contributed by atoms with Crippen LogP contribution in [0.2, 0.25) is 5.02 Å². The molecule has 0 aliphatic rings. The molecule has 0 unspecified atom stereocenters. The number of nitrogens with one attached hydrogen (secondary N) is 1. The number of aromatic nitrogens is 3. The number of nitrogens with zero attached hydrogens (tertiary/aromatic N) is 4. The molecule has 0 saturated carbocycles. The molecule has 3 aromatic rings. The first-order valence-electron chi connectivity index (χ1n) is 8.86. The molecule has 0 saturated heterocycles. The van der Waals surface area contributed by atoms with Gasteiger partial charge in [0.05, 0.1) is 11.4 Å². The predicted octanol–water partition coefficient (Wildman–Crippen LogP) is 3.49. The first-order chi connectivity index (χ1) is 14.5. The number of allylic oxidation sites excluding steroid dienone is 1. The van der Waals surface area contributed by atoms with Crippen LogP contribution < -0.4 is 16.2 Å². The minimum Gasteiger partial charge on any atom is -0.350 e. The number of benzene rings is 2. The number of amides is 3. The monoisotopic (exact) mass is 442 g/mol. The summed E-state index contributed by atoms with van der Waals surface area (Å²) in [4.78, 5) is 24.2. The number of carbonyl (C=O) groups is 2. The van der Waals surface area contributed by atoms with Crippen LogP contribution in [-0.2, 0) is 11.3 Å². The fourth-order valence-electron chi connectivity index (χ4n) is 2.64. The molecular weight excluding hydrogens is 424 g/mol. The van der Waals surface area contributed by atoms with E-state index in [-0.39, 0.29) is 5.75 Å². The topological polar surface area (TPSA) is 106 Å². The molecule has 1 heterocycles. The molecule has 2 aromatic carbocycles. The summed E-state index contributed by atoms with van der Waals surface area (Å²) in [5.41, 5.74) is 9.14. The van der Waals surface area contributed by atoms with Gasteiger partial charge in [-0.15, -0.1) is 16.8 Å². The van der Waals surface area contributed by atoms with Gasteiger partial charge in [-0.25, -0.2) is 9.80 Å². The van der Waals surface area contributed by atoms with E-state index in [0.29, 0.717) is 28.2 Å². The predicted molar refractivity (Wildman–Crippen MR) is 118 cm³/mol. The van der Waals surface area contributed by atoms with E-state index in [1.54, 1.807) is 24.3 Å². The van der Waals surface area contributed by atoms with Crippen molar-refractivity contribution in [3.8, 4) is 11.4 Å². The minimum absolute atomic E-state index is 0.00554. The van der Waals surface area contributed by atoms with E-state index in [0.717, 1.165) is 10.6 Å². The van der Waals surface area contributed by atoms with Gasteiger partial charge in [0.2, 0.25) is 5.91 Å². The van der Waals surface area contributed by atoms with Crippen molar-refractivity contribution in [2.24, 2.45) is 5.73 Å². The number of rotatable bonds is 7. The van der Waals surface area contributed by atoms with Crippen LogP contribution in [0.3, 0.4) is 0 Å². The SMILES string of the molecule is C=CCn1c(SCC(=O)NN(C(N)=O)c2cccc(Cl)c2)nnc1-c1ccccc1. The normalized spacial score (nSPS) is 10.4. The molecule has 0 spiro atoms. The van der Waals surface area contributed by atoms with Crippen molar-refractivity contribution in [3.05, 3.63) is 72.3 Å². The minimum atomic E-state index is -0.836. The lowest BCUT2D eigenvalue weighted by Crippen LogP contribution is -2.49. The largest absolute Gasteiger partial charge is 0.350 e. The Morgan fingerprint density at radius 1 is 1.20 bits per heavy atom. The Balaban J connectivity index is 1.71. The summed E-state index contributed by atoms with van der Waals surface area (Å²) < 4.78 is 1.86. The van der Waals surface area contributed by atoms with E-state index >= 15 is 0 Å². The van der Waals surface area contributed by atoms with Gasteiger partial charge in [0, 0.05) is 17.1 Å². The Kier molecular flexibility index (Phi) is 7.10. The molecule has 1 aromatic heterocycles. The van der Waals surface area contributed by atoms with Gasteiger partial charge in [-0.1, -0.05) is 65.8 Å². The summed E-state index contributed by atoms with van der Waals surface area (Å²) in [7, 11) is 0. The molecule has 30 heavy (non-hydrogen) atoms. The number of hydrogen-bond donors (Lipinski definition) is 2. The number of urea groups is 1. The average molecular weight is 443 g/mol. The maximum absolute atomic E-state index is 12.4. The van der Waals surface area contributed by atoms with Crippen molar-refractivity contribution >= 4 is 41.0 Å². The molecule has 0 fully saturated rings. The first-order valence-corrected chi connectivity index (χ1v) is 10.2. The summed E-state index contributed by atoms with van der Waals surface area (Å²) in [6.45, 7) is 4.26. The van der Waals surface area contributed by atoms with Gasteiger partial charge in [0.25, 0.3) is 0 Å². The van der Waals surface area contributed by atoms with Crippen molar-refractivity contribution in [2.45, 2.75) is 11.7 Å². The second kappa shape index (κ2) is 9.95. The number of thioether (sulfide) groups is 1. The Morgan fingerprint density at radius 2 is 1.97 bits per heavy atom. The summed E-state index contributed by atoms with van der Waals surface area (Å²) in [5, 5.41) is 10.3. The van der Waals surface area contributed by atoms with E-state index in [1.165, 1.54) is 17.8 Å². The molecule has 3 N–H and O–H groups in total. The molecule has 0 atom stereocenters. The fraction of sp³-hybridized carbons (Fsp3) is 0.100. The number of hydrogen-bond acceptors (Lipinski definition) is 5. The zero-order valence-corrected chi connectivity index (χ0v) is 17.4. The number of nitrogens with two attached hydrogens (primary N) is 1. The molecule has 154 valence electrons. The van der Waals surface area contributed by atoms with Gasteiger partial charge >= 0.3 is 6.03 Å². The van der Waals surface area contributed by atoms with Crippen molar-refractivity contribution in [1.82, 2.24) is 20.2 Å². The third-order valence-electron chi connectivity index (χ3n) is 3.92. The van der Waals surface area contributed by atoms with E-state index in [4.69, 9.17) is 17.3 Å². The third kappa shape index (κ3) is 5.19. The summed E-state index contributed by atoms with van der Waals surface area (Å²) in [5.74, 6) is 0.235. The van der Waals surface area contributed by atoms with E-state index in [1.807, 2.05) is 34.9 Å². The second-order valence-electron chi connectivity index (χ2n) is 6.05. The maximum atomic E-state index is 12.4. The van der Waals surface area contributed by atoms with Crippen molar-refractivity contribution in [1.29, 1.82) is 0 Å². The molecule has 0 bridgehead atoms. The molecule has 3 amide bonds. The standard InChI is InChI=1S/C20H19ClN6O2S/c1-2-11-26-18(14-7-4-3-5-8-14)23-24-20(26)30-13-17(28)25-27(19(22)29)16-10-6-9-15(21)12-16/h2-10,12H,1,11,13H2,(H2,22,29)(H,25,28). The van der Waals surface area contributed by atoms with E-state index in [9.17, 15) is 9.59 Å². The molecule has 0 aliphatic carbocycles.